The first kappa shape index (κ1) is 58.3. The van der Waals surface area contributed by atoms with Gasteiger partial charge in [-0.3, -0.25) is 38.4 Å². The second-order valence-corrected chi connectivity index (χ2v) is 23.1. The van der Waals surface area contributed by atoms with Crippen LogP contribution in [0.25, 0.3) is 0 Å². The van der Waals surface area contributed by atoms with Gasteiger partial charge in [0, 0.05) is 75.0 Å². The van der Waals surface area contributed by atoms with Crippen molar-refractivity contribution >= 4 is 47.3 Å². The maximum atomic E-state index is 14.5. The minimum Gasteiger partial charge on any atom is -0.351 e. The Hall–Kier alpha value is -5.88. The number of fused-ring (bicyclic) bond motifs is 2. The molecule has 2 aliphatic carbocycles. The Bertz CT molecular complexity index is 2230. The number of hydrogen-bond acceptors (Lipinski definition) is 10. The van der Waals surface area contributed by atoms with E-state index < -0.39 is 36.3 Å². The molecule has 6 fully saturated rings. The molecule has 12 atom stereocenters. The molecule has 8 amide bonds. The molecule has 426 valence electrons. The summed E-state index contributed by atoms with van der Waals surface area (Å²) in [6.45, 7) is 4.33. The molecule has 0 bridgehead atoms. The number of carbonyl (C=O) groups is 8. The molecular weight excluding hydrogens is 989 g/mol. The molecule has 0 aromatic heterocycles. The molecule has 6 aliphatic rings. The van der Waals surface area contributed by atoms with Crippen molar-refractivity contribution in [3.8, 4) is 0 Å². The molecule has 6 N–H and O–H groups in total. The summed E-state index contributed by atoms with van der Waals surface area (Å²) < 4.78 is 0. The highest BCUT2D eigenvalue weighted by molar-refractivity contribution is 5.96. The number of rotatable bonds is 21. The van der Waals surface area contributed by atoms with Gasteiger partial charge in [-0.1, -0.05) is 99.2 Å². The largest absolute Gasteiger partial charge is 0.351 e. The summed E-state index contributed by atoms with van der Waals surface area (Å²) in [6, 6.07) is 15.6. The van der Waals surface area contributed by atoms with Crippen LogP contribution in [0.3, 0.4) is 0 Å². The minimum atomic E-state index is -0.996. The number of hydrogen-bond donors (Lipinski definition) is 6. The number of nitrogens with one attached hydrogen (secondary N) is 6. The molecular formula is C60H88N10O8. The van der Waals surface area contributed by atoms with Crippen LogP contribution < -0.4 is 31.9 Å². The van der Waals surface area contributed by atoms with Crippen LogP contribution in [0.5, 0.6) is 0 Å². The Kier molecular flexibility index (Phi) is 20.8. The summed E-state index contributed by atoms with van der Waals surface area (Å²) in [5.74, 6) is -1.35. The summed E-state index contributed by atoms with van der Waals surface area (Å²) in [5.41, 5.74) is 2.41. The lowest BCUT2D eigenvalue weighted by Gasteiger charge is -2.39. The SMILES string of the molecule is CN[C@@H](C)C(=O)N[C@H]1CN(C(=O)CCCCCCCCC(=O)N2CC[C@H]3CC[C@@H](C(=O)N[C@H]4CCC[C@@H]4c4ccccc4)N3C(=O)[C@@H](NC(=O)[C@H](C)NC)C2)CC[C@H]2CCC(C(=O)N[C@H]3CCC[C@@H]3c3ccccc3)N2C1=O. The smallest absolute Gasteiger partial charge is 0.247 e. The minimum absolute atomic E-state index is 0.0156. The van der Waals surface area contributed by atoms with Gasteiger partial charge in [-0.2, -0.15) is 0 Å². The summed E-state index contributed by atoms with van der Waals surface area (Å²) >= 11 is 0. The zero-order chi connectivity index (χ0) is 55.3. The Morgan fingerprint density at radius 3 is 1.26 bits per heavy atom. The van der Waals surface area contributed by atoms with Gasteiger partial charge in [0.25, 0.3) is 0 Å². The number of likely N-dealkylation sites (N-methyl/N-ethyl adjacent to an activating group) is 2. The van der Waals surface area contributed by atoms with E-state index in [0.29, 0.717) is 77.3 Å². The van der Waals surface area contributed by atoms with E-state index in [0.717, 1.165) is 64.2 Å². The molecule has 2 aromatic rings. The average Bonchev–Trinajstić information content (AvgIpc) is 4.35. The van der Waals surface area contributed by atoms with Crippen molar-refractivity contribution in [2.24, 2.45) is 0 Å². The fourth-order valence-electron chi connectivity index (χ4n) is 13.4. The molecule has 1 unspecified atom stereocenters. The Labute approximate surface area is 462 Å². The monoisotopic (exact) mass is 1080 g/mol. The number of benzene rings is 2. The van der Waals surface area contributed by atoms with Gasteiger partial charge < -0.3 is 51.5 Å². The fraction of sp³-hybridized carbons (Fsp3) is 0.667. The highest BCUT2D eigenvalue weighted by Crippen LogP contribution is 2.38. The van der Waals surface area contributed by atoms with Crippen LogP contribution in [0.15, 0.2) is 60.7 Å². The summed E-state index contributed by atoms with van der Waals surface area (Å²) in [6.07, 6.45) is 14.5. The average molecular weight is 1080 g/mol. The highest BCUT2D eigenvalue weighted by Gasteiger charge is 2.48. The predicted octanol–water partition coefficient (Wildman–Crippen LogP) is 4.38. The molecule has 8 rings (SSSR count). The Balaban J connectivity index is 0.793. The van der Waals surface area contributed by atoms with Gasteiger partial charge in [0.2, 0.25) is 47.3 Å². The normalized spacial score (nSPS) is 28.1. The maximum Gasteiger partial charge on any atom is 0.247 e. The van der Waals surface area contributed by atoms with Crippen LogP contribution in [-0.4, -0.2) is 168 Å². The van der Waals surface area contributed by atoms with Gasteiger partial charge in [0.15, 0.2) is 0 Å². The van der Waals surface area contributed by atoms with E-state index in [4.69, 9.17) is 0 Å². The van der Waals surface area contributed by atoms with Gasteiger partial charge in [0.1, 0.15) is 24.2 Å². The van der Waals surface area contributed by atoms with Crippen LogP contribution >= 0.6 is 0 Å². The third-order valence-corrected chi connectivity index (χ3v) is 18.2. The Morgan fingerprint density at radius 1 is 0.487 bits per heavy atom. The van der Waals surface area contributed by atoms with E-state index in [-0.39, 0.29) is 96.4 Å². The van der Waals surface area contributed by atoms with Gasteiger partial charge in [-0.15, -0.1) is 0 Å². The summed E-state index contributed by atoms with van der Waals surface area (Å²) in [4.78, 5) is 118. The van der Waals surface area contributed by atoms with Crippen molar-refractivity contribution in [2.75, 3.05) is 40.3 Å². The van der Waals surface area contributed by atoms with Gasteiger partial charge in [0.05, 0.1) is 12.1 Å². The van der Waals surface area contributed by atoms with E-state index in [2.05, 4.69) is 56.2 Å². The number of nitrogens with zero attached hydrogens (tertiary/aromatic N) is 4. The molecule has 0 spiro atoms. The second-order valence-electron chi connectivity index (χ2n) is 23.1. The van der Waals surface area contributed by atoms with Crippen LogP contribution in [0.4, 0.5) is 0 Å². The molecule has 0 radical (unpaired) electrons. The molecule has 4 heterocycles. The first-order valence-electron chi connectivity index (χ1n) is 29.6. The molecule has 18 nitrogen and oxygen atoms in total. The van der Waals surface area contributed by atoms with Crippen molar-refractivity contribution in [3.05, 3.63) is 71.8 Å². The van der Waals surface area contributed by atoms with E-state index in [1.807, 2.05) is 36.4 Å². The first-order valence-corrected chi connectivity index (χ1v) is 29.6. The van der Waals surface area contributed by atoms with Gasteiger partial charge in [-0.05, 0) is 116 Å². The molecule has 2 saturated carbocycles. The fourth-order valence-corrected chi connectivity index (χ4v) is 13.4. The predicted molar refractivity (Wildman–Crippen MR) is 297 cm³/mol. The highest BCUT2D eigenvalue weighted by atomic mass is 16.2. The number of carbonyl (C=O) groups excluding carboxylic acids is 8. The van der Waals surface area contributed by atoms with Crippen LogP contribution in [0, 0.1) is 0 Å². The standard InChI is InChI=1S/C60H88N10O8/c1-39(61-3)55(73)65-49-37-67(35-33-43-29-31-51(69(43)59(49)77)57(75)63-47-25-17-23-45(47)41-19-11-9-12-20-41)53(71)27-15-7-5-6-8-16-28-54(72)68-36-34-44-30-32-52(70(44)60(78)50(38-68)66-56(74)40(2)62-4)58(76)64-48-26-18-24-46(48)42-21-13-10-14-22-42/h9-14,19-22,39-40,43-52,61-62H,5-8,15-18,23-38H2,1-4H3,(H,63,75)(H,64,76)(H,65,73)(H,66,74)/t39-,40-,43+,44+,45+,46+,47-,48-,49-,50-,51-,52?/m0/s1. The molecule has 18 heteroatoms. The van der Waals surface area contributed by atoms with Crippen molar-refractivity contribution < 1.29 is 38.4 Å². The number of unbranched alkanes of at least 4 members (excludes halogenated alkanes) is 5. The molecule has 4 aliphatic heterocycles. The van der Waals surface area contributed by atoms with Crippen LogP contribution in [-0.2, 0) is 38.4 Å². The molecule has 4 saturated heterocycles. The summed E-state index contributed by atoms with van der Waals surface area (Å²) in [5, 5.41) is 18.4. The zero-order valence-electron chi connectivity index (χ0n) is 46.7. The summed E-state index contributed by atoms with van der Waals surface area (Å²) in [7, 11) is 3.35. The third-order valence-electron chi connectivity index (χ3n) is 18.2. The maximum absolute atomic E-state index is 14.5. The van der Waals surface area contributed by atoms with E-state index >= 15 is 0 Å². The van der Waals surface area contributed by atoms with Crippen molar-refractivity contribution in [1.82, 2.24) is 51.5 Å². The van der Waals surface area contributed by atoms with Crippen molar-refractivity contribution in [1.29, 1.82) is 0 Å². The topological polar surface area (TPSA) is 222 Å². The number of amides is 8. The lowest BCUT2D eigenvalue weighted by molar-refractivity contribution is -0.147. The van der Waals surface area contributed by atoms with Crippen LogP contribution in [0.2, 0.25) is 0 Å². The van der Waals surface area contributed by atoms with Crippen LogP contribution in [0.1, 0.15) is 165 Å². The lowest BCUT2D eigenvalue weighted by Crippen LogP contribution is -2.62. The van der Waals surface area contributed by atoms with E-state index in [1.165, 1.54) is 11.1 Å². The quantitative estimate of drug-likeness (QED) is 0.0969. The zero-order valence-corrected chi connectivity index (χ0v) is 46.7. The van der Waals surface area contributed by atoms with Crippen molar-refractivity contribution in [2.45, 2.75) is 215 Å². The molecule has 78 heavy (non-hydrogen) atoms. The van der Waals surface area contributed by atoms with Crippen molar-refractivity contribution in [3.63, 3.8) is 0 Å². The Morgan fingerprint density at radius 2 is 0.872 bits per heavy atom. The van der Waals surface area contributed by atoms with Gasteiger partial charge in [-0.25, -0.2) is 0 Å². The van der Waals surface area contributed by atoms with E-state index in [1.54, 1.807) is 47.5 Å². The van der Waals surface area contributed by atoms with Gasteiger partial charge >= 0.3 is 0 Å². The first-order chi connectivity index (χ1) is 37.8. The lowest BCUT2D eigenvalue weighted by atomic mass is 9.94. The van der Waals surface area contributed by atoms with E-state index in [9.17, 15) is 38.4 Å². The third kappa shape index (κ3) is 14.3. The second kappa shape index (κ2) is 27.8. The molecule has 2 aromatic carbocycles.